The van der Waals surface area contributed by atoms with E-state index in [1.165, 1.54) is 0 Å². The quantitative estimate of drug-likeness (QED) is 0.837. The van der Waals surface area contributed by atoms with Crippen LogP contribution in [0.25, 0.3) is 0 Å². The normalized spacial score (nSPS) is 24.6. The van der Waals surface area contributed by atoms with Crippen LogP contribution in [-0.2, 0) is 0 Å². The number of carbonyl (C=O) groups excluding carboxylic acids is 2. The number of anilines is 1. The van der Waals surface area contributed by atoms with Gasteiger partial charge in [-0.25, -0.2) is 4.79 Å². The van der Waals surface area contributed by atoms with E-state index < -0.39 is 0 Å². The van der Waals surface area contributed by atoms with Gasteiger partial charge in [0.25, 0.3) is 5.91 Å². The third-order valence-electron chi connectivity index (χ3n) is 5.60. The average molecular weight is 357 g/mol. The SMILES string of the molecule is O=C(c1cccc(N2CCCNC2=O)c1)N1CCC(N2CCNCC2)C1. The highest BCUT2D eigenvalue weighted by Gasteiger charge is 2.31. The van der Waals surface area contributed by atoms with Gasteiger partial charge in [0.05, 0.1) is 0 Å². The Kier molecular flexibility index (Phi) is 5.08. The summed E-state index contributed by atoms with van der Waals surface area (Å²) in [7, 11) is 0. The molecule has 26 heavy (non-hydrogen) atoms. The van der Waals surface area contributed by atoms with Crippen LogP contribution < -0.4 is 15.5 Å². The molecule has 3 amide bonds. The lowest BCUT2D eigenvalue weighted by atomic mass is 10.1. The molecule has 0 bridgehead atoms. The van der Waals surface area contributed by atoms with Gasteiger partial charge < -0.3 is 15.5 Å². The Hall–Kier alpha value is -2.12. The first-order chi connectivity index (χ1) is 12.7. The maximum atomic E-state index is 13.0. The predicted molar refractivity (Wildman–Crippen MR) is 101 cm³/mol. The van der Waals surface area contributed by atoms with Crippen LogP contribution in [0.4, 0.5) is 10.5 Å². The Morgan fingerprint density at radius 3 is 2.73 bits per heavy atom. The highest BCUT2D eigenvalue weighted by molar-refractivity contribution is 5.98. The number of likely N-dealkylation sites (tertiary alicyclic amines) is 1. The highest BCUT2D eigenvalue weighted by atomic mass is 16.2. The summed E-state index contributed by atoms with van der Waals surface area (Å²) in [5.41, 5.74) is 1.47. The Balaban J connectivity index is 1.43. The summed E-state index contributed by atoms with van der Waals surface area (Å²) in [6.07, 6.45) is 1.96. The Labute approximate surface area is 154 Å². The van der Waals surface area contributed by atoms with Crippen molar-refractivity contribution >= 4 is 17.6 Å². The molecule has 7 nitrogen and oxygen atoms in total. The van der Waals surface area contributed by atoms with Gasteiger partial charge in [0.1, 0.15) is 0 Å². The van der Waals surface area contributed by atoms with Crippen LogP contribution in [0.2, 0.25) is 0 Å². The lowest BCUT2D eigenvalue weighted by Crippen LogP contribution is -2.49. The van der Waals surface area contributed by atoms with E-state index in [0.717, 1.165) is 64.3 Å². The fraction of sp³-hybridized carbons (Fsp3) is 0.579. The molecule has 4 rings (SSSR count). The summed E-state index contributed by atoms with van der Waals surface area (Å²) in [6, 6.07) is 7.86. The zero-order chi connectivity index (χ0) is 17.9. The molecule has 0 radical (unpaired) electrons. The first kappa shape index (κ1) is 17.3. The molecule has 2 N–H and O–H groups in total. The number of hydrogen-bond donors (Lipinski definition) is 2. The molecule has 140 valence electrons. The minimum absolute atomic E-state index is 0.0712. The Morgan fingerprint density at radius 2 is 1.92 bits per heavy atom. The molecule has 0 saturated carbocycles. The largest absolute Gasteiger partial charge is 0.338 e. The van der Waals surface area contributed by atoms with E-state index in [1.807, 2.05) is 29.2 Å². The zero-order valence-electron chi connectivity index (χ0n) is 15.1. The van der Waals surface area contributed by atoms with Crippen molar-refractivity contribution in [3.63, 3.8) is 0 Å². The molecule has 0 aliphatic carbocycles. The molecule has 3 saturated heterocycles. The van der Waals surface area contributed by atoms with Gasteiger partial charge in [0, 0.05) is 69.7 Å². The molecule has 1 aromatic rings. The maximum Gasteiger partial charge on any atom is 0.321 e. The second-order valence-electron chi connectivity index (χ2n) is 7.27. The average Bonchev–Trinajstić information content (AvgIpc) is 3.19. The van der Waals surface area contributed by atoms with Crippen LogP contribution in [-0.4, -0.2) is 80.1 Å². The molecule has 1 unspecified atom stereocenters. The first-order valence-electron chi connectivity index (χ1n) is 9.62. The van der Waals surface area contributed by atoms with Gasteiger partial charge in [-0.1, -0.05) is 6.07 Å². The zero-order valence-corrected chi connectivity index (χ0v) is 15.1. The molecule has 3 aliphatic heterocycles. The lowest BCUT2D eigenvalue weighted by Gasteiger charge is -2.32. The predicted octanol–water partition coefficient (Wildman–Crippen LogP) is 0.726. The van der Waals surface area contributed by atoms with E-state index in [1.54, 1.807) is 4.90 Å². The molecular weight excluding hydrogens is 330 g/mol. The summed E-state index contributed by atoms with van der Waals surface area (Å²) in [5.74, 6) is 0.0712. The van der Waals surface area contributed by atoms with Gasteiger partial charge in [-0.05, 0) is 31.0 Å². The van der Waals surface area contributed by atoms with Gasteiger partial charge in [-0.15, -0.1) is 0 Å². The Morgan fingerprint density at radius 1 is 1.08 bits per heavy atom. The second-order valence-corrected chi connectivity index (χ2v) is 7.27. The topological polar surface area (TPSA) is 67.9 Å². The van der Waals surface area contributed by atoms with E-state index >= 15 is 0 Å². The summed E-state index contributed by atoms with van der Waals surface area (Å²) in [6.45, 7) is 7.20. The fourth-order valence-electron chi connectivity index (χ4n) is 4.14. The molecule has 7 heteroatoms. The molecule has 1 aromatic carbocycles. The molecule has 1 atom stereocenters. The number of rotatable bonds is 3. The van der Waals surface area contributed by atoms with Crippen molar-refractivity contribution in [3.8, 4) is 0 Å². The van der Waals surface area contributed by atoms with Crippen molar-refractivity contribution < 1.29 is 9.59 Å². The number of amides is 3. The van der Waals surface area contributed by atoms with Gasteiger partial charge >= 0.3 is 6.03 Å². The van der Waals surface area contributed by atoms with Crippen molar-refractivity contribution in [2.75, 3.05) is 57.3 Å². The number of nitrogens with one attached hydrogen (secondary N) is 2. The third-order valence-corrected chi connectivity index (χ3v) is 5.60. The number of benzene rings is 1. The first-order valence-corrected chi connectivity index (χ1v) is 9.62. The summed E-state index contributed by atoms with van der Waals surface area (Å²) >= 11 is 0. The lowest BCUT2D eigenvalue weighted by molar-refractivity contribution is 0.0773. The Bertz CT molecular complexity index is 674. The minimum atomic E-state index is -0.0826. The van der Waals surface area contributed by atoms with Crippen molar-refractivity contribution in [2.45, 2.75) is 18.9 Å². The van der Waals surface area contributed by atoms with E-state index in [4.69, 9.17) is 0 Å². The standard InChI is InChI=1S/C19H27N5O2/c25-18(23-10-5-17(14-23)22-11-7-20-8-12-22)15-3-1-4-16(13-15)24-9-2-6-21-19(24)26/h1,3-4,13,17,20H,2,5-12,14H2,(H,21,26). The maximum absolute atomic E-state index is 13.0. The van der Waals surface area contributed by atoms with Crippen LogP contribution in [0.3, 0.4) is 0 Å². The molecule has 0 spiro atoms. The van der Waals surface area contributed by atoms with Crippen molar-refractivity contribution in [3.05, 3.63) is 29.8 Å². The van der Waals surface area contributed by atoms with Crippen LogP contribution >= 0.6 is 0 Å². The van der Waals surface area contributed by atoms with Crippen molar-refractivity contribution in [1.82, 2.24) is 20.4 Å². The molecule has 0 aromatic heterocycles. The highest BCUT2D eigenvalue weighted by Crippen LogP contribution is 2.22. The number of nitrogens with zero attached hydrogens (tertiary/aromatic N) is 3. The van der Waals surface area contributed by atoms with Crippen LogP contribution in [0.5, 0.6) is 0 Å². The van der Waals surface area contributed by atoms with Crippen LogP contribution in [0, 0.1) is 0 Å². The number of hydrogen-bond acceptors (Lipinski definition) is 4. The van der Waals surface area contributed by atoms with Gasteiger partial charge in [0.15, 0.2) is 0 Å². The van der Waals surface area contributed by atoms with Crippen molar-refractivity contribution in [1.29, 1.82) is 0 Å². The van der Waals surface area contributed by atoms with Crippen LogP contribution in [0.15, 0.2) is 24.3 Å². The smallest absolute Gasteiger partial charge is 0.321 e. The van der Waals surface area contributed by atoms with Crippen molar-refractivity contribution in [2.24, 2.45) is 0 Å². The van der Waals surface area contributed by atoms with E-state index in [-0.39, 0.29) is 11.9 Å². The summed E-state index contributed by atoms with van der Waals surface area (Å²) in [5, 5.41) is 6.24. The van der Waals surface area contributed by atoms with Crippen LogP contribution in [0.1, 0.15) is 23.2 Å². The molecule has 3 aliphatic rings. The fourth-order valence-corrected chi connectivity index (χ4v) is 4.14. The summed E-state index contributed by atoms with van der Waals surface area (Å²) < 4.78 is 0. The summed E-state index contributed by atoms with van der Waals surface area (Å²) in [4.78, 5) is 31.2. The van der Waals surface area contributed by atoms with Gasteiger partial charge in [0.2, 0.25) is 0 Å². The molecule has 3 heterocycles. The minimum Gasteiger partial charge on any atom is -0.338 e. The molecular formula is C19H27N5O2. The third kappa shape index (κ3) is 3.54. The van der Waals surface area contributed by atoms with Gasteiger partial charge in [-0.3, -0.25) is 14.6 Å². The number of urea groups is 1. The molecule has 3 fully saturated rings. The number of piperazine rings is 1. The second kappa shape index (κ2) is 7.63. The monoisotopic (exact) mass is 357 g/mol. The van der Waals surface area contributed by atoms with E-state index in [9.17, 15) is 9.59 Å². The number of carbonyl (C=O) groups is 2. The van der Waals surface area contributed by atoms with E-state index in [0.29, 0.717) is 18.2 Å². The van der Waals surface area contributed by atoms with E-state index in [2.05, 4.69) is 15.5 Å². The van der Waals surface area contributed by atoms with Gasteiger partial charge in [-0.2, -0.15) is 0 Å².